The number of allylic oxidation sites excluding steroid dienone is 3. The van der Waals surface area contributed by atoms with Crippen molar-refractivity contribution in [2.24, 2.45) is 5.92 Å². The number of carbonyl (C=O) groups excluding carboxylic acids is 1. The van der Waals surface area contributed by atoms with Crippen LogP contribution in [0.5, 0.6) is 0 Å². The fourth-order valence-corrected chi connectivity index (χ4v) is 3.90. The van der Waals surface area contributed by atoms with Crippen molar-refractivity contribution in [3.8, 4) is 11.1 Å². The van der Waals surface area contributed by atoms with E-state index in [9.17, 15) is 10.0 Å². The predicted octanol–water partition coefficient (Wildman–Crippen LogP) is 4.08. The smallest absolute Gasteiger partial charge is 0.222 e. The third-order valence-corrected chi connectivity index (χ3v) is 5.24. The number of ketones is 1. The highest BCUT2D eigenvalue weighted by atomic mass is 16.5. The highest BCUT2D eigenvalue weighted by Gasteiger charge is 2.21. The molecule has 27 heavy (non-hydrogen) atoms. The zero-order chi connectivity index (χ0) is 18.8. The van der Waals surface area contributed by atoms with Gasteiger partial charge in [0.1, 0.15) is 5.65 Å². The molecule has 0 bridgehead atoms. The van der Waals surface area contributed by atoms with Crippen LogP contribution in [0.1, 0.15) is 31.2 Å². The molecule has 0 saturated carbocycles. The summed E-state index contributed by atoms with van der Waals surface area (Å²) in [6.07, 6.45) is 14.2. The molecule has 0 saturated heterocycles. The number of hydrogen-bond donors (Lipinski definition) is 2. The molecule has 0 spiro atoms. The molecule has 3 aromatic heterocycles. The van der Waals surface area contributed by atoms with Crippen LogP contribution < -0.4 is 4.73 Å². The normalized spacial score (nSPS) is 16.9. The molecule has 2 N–H and O–H groups in total. The van der Waals surface area contributed by atoms with E-state index in [1.165, 1.54) is 11.6 Å². The molecule has 1 aliphatic rings. The van der Waals surface area contributed by atoms with Gasteiger partial charge in [0, 0.05) is 46.6 Å². The lowest BCUT2D eigenvalue weighted by Gasteiger charge is -2.22. The van der Waals surface area contributed by atoms with Crippen molar-refractivity contribution in [1.82, 2.24) is 9.97 Å². The van der Waals surface area contributed by atoms with Gasteiger partial charge in [-0.3, -0.25) is 10.0 Å². The summed E-state index contributed by atoms with van der Waals surface area (Å²) in [5.74, 6) is 0.469. The summed E-state index contributed by atoms with van der Waals surface area (Å²) in [5.41, 5.74) is 5.33. The second kappa shape index (κ2) is 7.19. The minimum absolute atomic E-state index is 0.116. The van der Waals surface area contributed by atoms with Crippen molar-refractivity contribution in [2.45, 2.75) is 25.7 Å². The van der Waals surface area contributed by atoms with Crippen molar-refractivity contribution in [3.05, 3.63) is 67.3 Å². The highest BCUT2D eigenvalue weighted by molar-refractivity contribution is 6.01. The minimum Gasteiger partial charge on any atom is -0.345 e. The summed E-state index contributed by atoms with van der Waals surface area (Å²) in [6.45, 7) is 3.59. The molecule has 5 nitrogen and oxygen atoms in total. The third kappa shape index (κ3) is 3.40. The Balaban J connectivity index is 1.75. The number of H-pyrrole nitrogens is 1. The number of nitrogens with zero attached hydrogens (tertiary/aromatic N) is 2. The van der Waals surface area contributed by atoms with Gasteiger partial charge in [-0.25, -0.2) is 4.98 Å². The lowest BCUT2D eigenvalue weighted by atomic mass is 9.82. The molecule has 5 heteroatoms. The molecular formula is C22H22N3O2+. The van der Waals surface area contributed by atoms with Crippen molar-refractivity contribution in [2.75, 3.05) is 0 Å². The Morgan fingerprint density at radius 1 is 1.33 bits per heavy atom. The topological polar surface area (TPSA) is 69.9 Å². The maximum atomic E-state index is 11.8. The van der Waals surface area contributed by atoms with E-state index in [-0.39, 0.29) is 5.78 Å². The van der Waals surface area contributed by atoms with Crippen LogP contribution in [0.15, 0.2) is 61.7 Å². The van der Waals surface area contributed by atoms with Gasteiger partial charge in [0.25, 0.3) is 0 Å². The summed E-state index contributed by atoms with van der Waals surface area (Å²) in [4.78, 5) is 19.5. The summed E-state index contributed by atoms with van der Waals surface area (Å²) in [6, 6.07) is 5.80. The zero-order valence-corrected chi connectivity index (χ0v) is 15.1. The molecule has 0 aromatic carbocycles. The number of rotatable bonds is 5. The number of nitrogens with one attached hydrogen (secondary N) is 1. The first kappa shape index (κ1) is 17.2. The summed E-state index contributed by atoms with van der Waals surface area (Å²) in [5, 5.41) is 10.6. The van der Waals surface area contributed by atoms with Gasteiger partial charge in [0.05, 0.1) is 0 Å². The van der Waals surface area contributed by atoms with Gasteiger partial charge in [0.2, 0.25) is 12.4 Å². The Hall–Kier alpha value is -3.21. The molecule has 1 unspecified atom stereocenters. The molecule has 4 rings (SSSR count). The number of hydrogen-bond acceptors (Lipinski definition) is 3. The predicted molar refractivity (Wildman–Crippen MR) is 104 cm³/mol. The molecule has 1 aliphatic carbocycles. The van der Waals surface area contributed by atoms with E-state index in [0.29, 0.717) is 12.3 Å². The molecule has 0 radical (unpaired) electrons. The summed E-state index contributed by atoms with van der Waals surface area (Å²) in [7, 11) is 0. The van der Waals surface area contributed by atoms with Gasteiger partial charge < -0.3 is 4.98 Å². The second-order valence-corrected chi connectivity index (χ2v) is 7.00. The fraction of sp³-hybridized carbons (Fsp3) is 0.227. The maximum Gasteiger partial charge on any atom is 0.222 e. The first-order valence-corrected chi connectivity index (χ1v) is 9.17. The van der Waals surface area contributed by atoms with Crippen LogP contribution >= 0.6 is 0 Å². The van der Waals surface area contributed by atoms with Crippen LogP contribution in [0.2, 0.25) is 0 Å². The summed E-state index contributed by atoms with van der Waals surface area (Å²) >= 11 is 0. The number of aromatic nitrogens is 3. The quantitative estimate of drug-likeness (QED) is 0.409. The number of fused-ring (bicyclic) bond motifs is 1. The number of aromatic amines is 1. The molecule has 0 aliphatic heterocycles. The maximum absolute atomic E-state index is 11.8. The van der Waals surface area contributed by atoms with Crippen molar-refractivity contribution in [1.29, 1.82) is 0 Å². The lowest BCUT2D eigenvalue weighted by molar-refractivity contribution is -0.904. The molecule has 136 valence electrons. The Labute approximate surface area is 157 Å². The lowest BCUT2D eigenvalue weighted by Crippen LogP contribution is -2.27. The van der Waals surface area contributed by atoms with Gasteiger partial charge in [0.15, 0.2) is 5.78 Å². The van der Waals surface area contributed by atoms with E-state index in [0.717, 1.165) is 51.7 Å². The van der Waals surface area contributed by atoms with E-state index < -0.39 is 0 Å². The standard InChI is InChI=1S/C22H21N3O2/c1-2-18(26)13-15-4-3-5-17(12-15)19-6-9-23-22-21(19)20(14-24-22)16-7-10-25(27)11-8-16/h2,5-11,14-15,27H,1,3-4,12-13H2/p+1. The van der Waals surface area contributed by atoms with Gasteiger partial charge in [-0.2, -0.15) is 0 Å². The third-order valence-electron chi connectivity index (χ3n) is 5.24. The molecule has 1 atom stereocenters. The molecule has 3 heterocycles. The van der Waals surface area contributed by atoms with E-state index in [1.54, 1.807) is 12.4 Å². The highest BCUT2D eigenvalue weighted by Crippen LogP contribution is 2.38. The Kier molecular flexibility index (Phi) is 4.59. The molecule has 0 amide bonds. The SMILES string of the molecule is C=CC(=O)CC1CCC=C(c2ccnc3[nH]cc(-c4cc[n+](O)cc4)c23)C1. The van der Waals surface area contributed by atoms with Gasteiger partial charge in [-0.1, -0.05) is 12.7 Å². The Morgan fingerprint density at radius 2 is 2.15 bits per heavy atom. The average Bonchev–Trinajstić information content (AvgIpc) is 3.13. The first-order chi connectivity index (χ1) is 13.2. The van der Waals surface area contributed by atoms with E-state index in [2.05, 4.69) is 28.7 Å². The molecule has 3 aromatic rings. The van der Waals surface area contributed by atoms with E-state index in [4.69, 9.17) is 0 Å². The van der Waals surface area contributed by atoms with Crippen LogP contribution in [-0.2, 0) is 4.79 Å². The first-order valence-electron chi connectivity index (χ1n) is 9.17. The minimum atomic E-state index is 0.116. The van der Waals surface area contributed by atoms with Crippen LogP contribution in [0.3, 0.4) is 0 Å². The van der Waals surface area contributed by atoms with Crippen molar-refractivity contribution >= 4 is 22.4 Å². The average molecular weight is 360 g/mol. The van der Waals surface area contributed by atoms with Gasteiger partial charge >= 0.3 is 0 Å². The monoisotopic (exact) mass is 360 g/mol. The van der Waals surface area contributed by atoms with Crippen LogP contribution in [-0.4, -0.2) is 21.0 Å². The van der Waals surface area contributed by atoms with E-state index in [1.807, 2.05) is 24.5 Å². The van der Waals surface area contributed by atoms with Gasteiger partial charge in [-0.15, -0.1) is 0 Å². The number of pyridine rings is 2. The van der Waals surface area contributed by atoms with E-state index >= 15 is 0 Å². The summed E-state index contributed by atoms with van der Waals surface area (Å²) < 4.78 is 1.03. The Morgan fingerprint density at radius 3 is 2.93 bits per heavy atom. The van der Waals surface area contributed by atoms with Gasteiger partial charge in [-0.05, 0) is 54.0 Å². The van der Waals surface area contributed by atoms with Crippen molar-refractivity contribution < 1.29 is 14.7 Å². The fourth-order valence-electron chi connectivity index (χ4n) is 3.90. The largest absolute Gasteiger partial charge is 0.345 e. The zero-order valence-electron chi connectivity index (χ0n) is 15.1. The van der Waals surface area contributed by atoms with Crippen LogP contribution in [0.25, 0.3) is 27.7 Å². The van der Waals surface area contributed by atoms with Crippen LogP contribution in [0, 0.1) is 5.92 Å². The van der Waals surface area contributed by atoms with Crippen molar-refractivity contribution in [3.63, 3.8) is 0 Å². The number of carbonyl (C=O) groups is 1. The molecule has 0 fully saturated rings. The Bertz CT molecular complexity index is 1030. The molecular weight excluding hydrogens is 338 g/mol. The second-order valence-electron chi connectivity index (χ2n) is 7.00. The van der Waals surface area contributed by atoms with Crippen LogP contribution in [0.4, 0.5) is 0 Å².